The molecule has 0 radical (unpaired) electrons. The Morgan fingerprint density at radius 3 is 2.69 bits per heavy atom. The molecule has 0 aliphatic rings. The van der Waals surface area contributed by atoms with Crippen molar-refractivity contribution in [2.75, 3.05) is 7.11 Å². The van der Waals surface area contributed by atoms with Gasteiger partial charge in [0, 0.05) is 10.5 Å². The molecule has 2 atom stereocenters. The molecule has 0 spiro atoms. The number of benzene rings is 1. The number of nitrogens with two attached hydrogens (primary N) is 1. The van der Waals surface area contributed by atoms with E-state index in [0.29, 0.717) is 5.92 Å². The zero-order valence-electron chi connectivity index (χ0n) is 10.2. The van der Waals surface area contributed by atoms with Crippen LogP contribution >= 0.6 is 15.9 Å². The van der Waals surface area contributed by atoms with Gasteiger partial charge in [-0.2, -0.15) is 0 Å². The third kappa shape index (κ3) is 3.49. The van der Waals surface area contributed by atoms with Gasteiger partial charge in [0.15, 0.2) is 0 Å². The van der Waals surface area contributed by atoms with Crippen LogP contribution in [0.3, 0.4) is 0 Å². The highest BCUT2D eigenvalue weighted by Crippen LogP contribution is 2.24. The van der Waals surface area contributed by atoms with E-state index in [1.807, 2.05) is 18.2 Å². The zero-order valence-corrected chi connectivity index (χ0v) is 11.8. The molecular formula is C13H20BrNO. The van der Waals surface area contributed by atoms with Crippen LogP contribution < -0.4 is 10.5 Å². The van der Waals surface area contributed by atoms with Gasteiger partial charge < -0.3 is 10.5 Å². The molecule has 0 saturated heterocycles. The quantitative estimate of drug-likeness (QED) is 0.900. The minimum atomic E-state index is 0.202. The molecule has 2 nitrogen and oxygen atoms in total. The van der Waals surface area contributed by atoms with Gasteiger partial charge in [0.05, 0.1) is 7.11 Å². The average Bonchev–Trinajstić information content (AvgIpc) is 2.30. The van der Waals surface area contributed by atoms with E-state index < -0.39 is 0 Å². The zero-order chi connectivity index (χ0) is 12.1. The first-order valence-electron chi connectivity index (χ1n) is 5.66. The van der Waals surface area contributed by atoms with E-state index >= 15 is 0 Å². The summed E-state index contributed by atoms with van der Waals surface area (Å²) in [5.74, 6) is 1.42. The number of hydrogen-bond donors (Lipinski definition) is 1. The first-order valence-corrected chi connectivity index (χ1v) is 6.45. The minimum absolute atomic E-state index is 0.202. The Labute approximate surface area is 106 Å². The number of halogens is 1. The Balaban J connectivity index is 2.79. The van der Waals surface area contributed by atoms with Crippen LogP contribution in [0.1, 0.15) is 25.8 Å². The Morgan fingerprint density at radius 1 is 1.44 bits per heavy atom. The Morgan fingerprint density at radius 2 is 2.12 bits per heavy atom. The second-order valence-corrected chi connectivity index (χ2v) is 5.07. The van der Waals surface area contributed by atoms with E-state index in [1.54, 1.807) is 7.11 Å². The molecule has 0 aromatic heterocycles. The topological polar surface area (TPSA) is 35.2 Å². The molecular weight excluding hydrogens is 266 g/mol. The predicted molar refractivity (Wildman–Crippen MR) is 71.8 cm³/mol. The molecule has 0 aliphatic heterocycles. The Kier molecular flexibility index (Phi) is 5.29. The van der Waals surface area contributed by atoms with Crippen LogP contribution in [-0.2, 0) is 6.42 Å². The first kappa shape index (κ1) is 13.5. The average molecular weight is 286 g/mol. The largest absolute Gasteiger partial charge is 0.497 e. The highest BCUT2D eigenvalue weighted by Gasteiger charge is 2.13. The second kappa shape index (κ2) is 6.26. The molecule has 0 heterocycles. The number of hydrogen-bond acceptors (Lipinski definition) is 2. The van der Waals surface area contributed by atoms with Crippen molar-refractivity contribution in [3.05, 3.63) is 28.2 Å². The maximum atomic E-state index is 6.16. The second-order valence-electron chi connectivity index (χ2n) is 4.21. The molecule has 0 amide bonds. The molecule has 0 bridgehead atoms. The van der Waals surface area contributed by atoms with Crippen LogP contribution in [0.2, 0.25) is 0 Å². The summed E-state index contributed by atoms with van der Waals surface area (Å²) in [7, 11) is 1.68. The standard InChI is InChI=1S/C13H20BrNO/c1-4-9(2)13(15)8-10-7-11(16-3)5-6-12(10)14/h5-7,9,13H,4,8,15H2,1-3H3. The fourth-order valence-electron chi connectivity index (χ4n) is 1.59. The van der Waals surface area contributed by atoms with Gasteiger partial charge in [0.25, 0.3) is 0 Å². The lowest BCUT2D eigenvalue weighted by Gasteiger charge is -2.19. The van der Waals surface area contributed by atoms with E-state index in [1.165, 1.54) is 5.56 Å². The van der Waals surface area contributed by atoms with Crippen molar-refractivity contribution < 1.29 is 4.74 Å². The first-order chi connectivity index (χ1) is 7.58. The van der Waals surface area contributed by atoms with E-state index in [4.69, 9.17) is 10.5 Å². The smallest absolute Gasteiger partial charge is 0.119 e. The molecule has 1 rings (SSSR count). The van der Waals surface area contributed by atoms with E-state index in [-0.39, 0.29) is 6.04 Å². The molecule has 1 aromatic rings. The van der Waals surface area contributed by atoms with Crippen LogP contribution in [0.25, 0.3) is 0 Å². The van der Waals surface area contributed by atoms with Crippen LogP contribution in [0.15, 0.2) is 22.7 Å². The van der Waals surface area contributed by atoms with Gasteiger partial charge in [0.1, 0.15) is 5.75 Å². The van der Waals surface area contributed by atoms with Crippen LogP contribution in [0, 0.1) is 5.92 Å². The lowest BCUT2D eigenvalue weighted by molar-refractivity contribution is 0.412. The van der Waals surface area contributed by atoms with Gasteiger partial charge in [-0.1, -0.05) is 36.2 Å². The highest BCUT2D eigenvalue weighted by molar-refractivity contribution is 9.10. The number of rotatable bonds is 5. The SMILES string of the molecule is CCC(C)C(N)Cc1cc(OC)ccc1Br. The lowest BCUT2D eigenvalue weighted by Crippen LogP contribution is -2.30. The molecule has 16 heavy (non-hydrogen) atoms. The fraction of sp³-hybridized carbons (Fsp3) is 0.538. The third-order valence-corrected chi connectivity index (χ3v) is 3.86. The lowest BCUT2D eigenvalue weighted by atomic mass is 9.94. The molecule has 90 valence electrons. The molecule has 0 saturated carbocycles. The van der Waals surface area contributed by atoms with Crippen LogP contribution in [0.4, 0.5) is 0 Å². The highest BCUT2D eigenvalue weighted by atomic mass is 79.9. The van der Waals surface area contributed by atoms with Gasteiger partial charge in [0.2, 0.25) is 0 Å². The molecule has 0 fully saturated rings. The van der Waals surface area contributed by atoms with E-state index in [9.17, 15) is 0 Å². The molecule has 3 heteroatoms. The monoisotopic (exact) mass is 285 g/mol. The summed E-state index contributed by atoms with van der Waals surface area (Å²) in [4.78, 5) is 0. The van der Waals surface area contributed by atoms with Crippen LogP contribution in [0.5, 0.6) is 5.75 Å². The maximum Gasteiger partial charge on any atom is 0.119 e. The molecule has 0 aliphatic carbocycles. The van der Waals surface area contributed by atoms with Gasteiger partial charge in [-0.15, -0.1) is 0 Å². The van der Waals surface area contributed by atoms with Crippen molar-refractivity contribution in [2.45, 2.75) is 32.7 Å². The van der Waals surface area contributed by atoms with Crippen molar-refractivity contribution in [1.82, 2.24) is 0 Å². The normalized spacial score (nSPS) is 14.6. The molecule has 2 N–H and O–H groups in total. The van der Waals surface area contributed by atoms with Gasteiger partial charge in [-0.05, 0) is 36.1 Å². The molecule has 2 unspecified atom stereocenters. The summed E-state index contributed by atoms with van der Waals surface area (Å²) in [6.07, 6.45) is 2.00. The van der Waals surface area contributed by atoms with Crippen molar-refractivity contribution >= 4 is 15.9 Å². The predicted octanol–water partition coefficient (Wildman–Crippen LogP) is 3.37. The van der Waals surface area contributed by atoms with Crippen molar-refractivity contribution in [3.8, 4) is 5.75 Å². The van der Waals surface area contributed by atoms with E-state index in [2.05, 4.69) is 29.8 Å². The summed E-state index contributed by atoms with van der Waals surface area (Å²) in [5, 5.41) is 0. The van der Waals surface area contributed by atoms with Crippen molar-refractivity contribution in [2.24, 2.45) is 11.7 Å². The number of ether oxygens (including phenoxy) is 1. The van der Waals surface area contributed by atoms with Gasteiger partial charge >= 0.3 is 0 Å². The third-order valence-electron chi connectivity index (χ3n) is 3.08. The fourth-order valence-corrected chi connectivity index (χ4v) is 2.00. The summed E-state index contributed by atoms with van der Waals surface area (Å²) < 4.78 is 6.32. The summed E-state index contributed by atoms with van der Waals surface area (Å²) in [5.41, 5.74) is 7.37. The van der Waals surface area contributed by atoms with Gasteiger partial charge in [-0.25, -0.2) is 0 Å². The maximum absolute atomic E-state index is 6.16. The van der Waals surface area contributed by atoms with Crippen molar-refractivity contribution in [1.29, 1.82) is 0 Å². The van der Waals surface area contributed by atoms with Gasteiger partial charge in [-0.3, -0.25) is 0 Å². The summed E-state index contributed by atoms with van der Waals surface area (Å²) >= 11 is 3.55. The van der Waals surface area contributed by atoms with Crippen molar-refractivity contribution in [3.63, 3.8) is 0 Å². The number of methoxy groups -OCH3 is 1. The van der Waals surface area contributed by atoms with Crippen LogP contribution in [-0.4, -0.2) is 13.2 Å². The minimum Gasteiger partial charge on any atom is -0.497 e. The Hall–Kier alpha value is -0.540. The summed E-state index contributed by atoms with van der Waals surface area (Å²) in [6, 6.07) is 6.21. The Bertz CT molecular complexity index is 341. The molecule has 1 aromatic carbocycles. The summed E-state index contributed by atoms with van der Waals surface area (Å²) in [6.45, 7) is 4.36. The van der Waals surface area contributed by atoms with E-state index in [0.717, 1.165) is 23.1 Å².